The molecule has 33 heavy (non-hydrogen) atoms. The highest BCUT2D eigenvalue weighted by atomic mass is 35.5. The van der Waals surface area contributed by atoms with E-state index in [0.29, 0.717) is 30.5 Å². The molecule has 3 heterocycles. The summed E-state index contributed by atoms with van der Waals surface area (Å²) >= 11 is 6.43. The van der Waals surface area contributed by atoms with Crippen LogP contribution in [0, 0.1) is 6.92 Å². The Labute approximate surface area is 196 Å². The Morgan fingerprint density at radius 2 is 1.97 bits per heavy atom. The van der Waals surface area contributed by atoms with Crippen LogP contribution in [-0.4, -0.2) is 58.1 Å². The molecule has 9 heteroatoms. The third-order valence-corrected chi connectivity index (χ3v) is 6.28. The van der Waals surface area contributed by atoms with Crippen molar-refractivity contribution in [2.24, 2.45) is 0 Å². The van der Waals surface area contributed by atoms with E-state index in [1.165, 1.54) is 0 Å². The Morgan fingerprint density at radius 3 is 2.73 bits per heavy atom. The molecule has 0 aliphatic carbocycles. The SMILES string of the molecule is CCOC(=O)N1CCN(c2ccc3nc(Nc4c(C)cccc4Cl)c4cncn4c3c2)CC1. The van der Waals surface area contributed by atoms with E-state index in [1.807, 2.05) is 42.5 Å². The van der Waals surface area contributed by atoms with Crippen LogP contribution in [0.25, 0.3) is 16.6 Å². The number of aromatic nitrogens is 3. The lowest BCUT2D eigenvalue weighted by molar-refractivity contribution is 0.105. The van der Waals surface area contributed by atoms with E-state index in [0.717, 1.165) is 46.6 Å². The number of rotatable bonds is 4. The lowest BCUT2D eigenvalue weighted by Crippen LogP contribution is -2.49. The second-order valence-corrected chi connectivity index (χ2v) is 8.42. The van der Waals surface area contributed by atoms with Gasteiger partial charge in [0, 0.05) is 31.9 Å². The number of halogens is 1. The number of nitrogens with zero attached hydrogens (tertiary/aromatic N) is 5. The van der Waals surface area contributed by atoms with Crippen molar-refractivity contribution in [2.45, 2.75) is 13.8 Å². The van der Waals surface area contributed by atoms with Gasteiger partial charge in [0.05, 0.1) is 40.9 Å². The number of hydrogen-bond acceptors (Lipinski definition) is 6. The van der Waals surface area contributed by atoms with Crippen LogP contribution >= 0.6 is 11.6 Å². The number of piperazine rings is 1. The molecule has 1 aliphatic heterocycles. The van der Waals surface area contributed by atoms with Crippen LogP contribution in [0.3, 0.4) is 0 Å². The maximum atomic E-state index is 12.0. The predicted octanol–water partition coefficient (Wildman–Crippen LogP) is 4.87. The van der Waals surface area contributed by atoms with E-state index in [2.05, 4.69) is 27.3 Å². The van der Waals surface area contributed by atoms with E-state index >= 15 is 0 Å². The molecule has 1 fully saturated rings. The number of carbonyl (C=O) groups excluding carboxylic acids is 1. The van der Waals surface area contributed by atoms with Gasteiger partial charge in [0.25, 0.3) is 0 Å². The molecule has 170 valence electrons. The molecule has 0 radical (unpaired) electrons. The molecule has 1 N–H and O–H groups in total. The van der Waals surface area contributed by atoms with Crippen LogP contribution in [0.5, 0.6) is 0 Å². The molecule has 0 unspecified atom stereocenters. The van der Waals surface area contributed by atoms with Gasteiger partial charge in [-0.15, -0.1) is 0 Å². The third kappa shape index (κ3) is 4.02. The Bertz CT molecular complexity index is 1310. The molecular formula is C24H25ClN6O2. The fourth-order valence-corrected chi connectivity index (χ4v) is 4.47. The van der Waals surface area contributed by atoms with Crippen LogP contribution in [0.1, 0.15) is 12.5 Å². The molecule has 0 bridgehead atoms. The van der Waals surface area contributed by atoms with Crippen LogP contribution in [0.2, 0.25) is 5.02 Å². The summed E-state index contributed by atoms with van der Waals surface area (Å²) in [5.74, 6) is 0.701. The molecule has 1 amide bonds. The summed E-state index contributed by atoms with van der Waals surface area (Å²) in [4.78, 5) is 25.3. The normalized spacial score (nSPS) is 14.2. The number of amides is 1. The third-order valence-electron chi connectivity index (χ3n) is 5.97. The van der Waals surface area contributed by atoms with Crippen molar-refractivity contribution in [1.82, 2.24) is 19.3 Å². The Balaban J connectivity index is 1.45. The number of para-hydroxylation sites is 1. The first-order valence-electron chi connectivity index (χ1n) is 11.0. The lowest BCUT2D eigenvalue weighted by Gasteiger charge is -2.35. The minimum atomic E-state index is -0.242. The van der Waals surface area contributed by atoms with Crippen molar-refractivity contribution >= 4 is 51.4 Å². The summed E-state index contributed by atoms with van der Waals surface area (Å²) in [6.07, 6.45) is 3.35. The number of carbonyl (C=O) groups is 1. The van der Waals surface area contributed by atoms with Crippen molar-refractivity contribution in [3.63, 3.8) is 0 Å². The average Bonchev–Trinajstić information content (AvgIpc) is 3.32. The minimum absolute atomic E-state index is 0.242. The summed E-state index contributed by atoms with van der Waals surface area (Å²) in [6, 6.07) is 12.0. The fourth-order valence-electron chi connectivity index (χ4n) is 4.20. The molecule has 0 atom stereocenters. The molecule has 1 aliphatic rings. The average molecular weight is 465 g/mol. The van der Waals surface area contributed by atoms with Crippen molar-refractivity contribution in [3.05, 3.63) is 59.5 Å². The van der Waals surface area contributed by atoms with Gasteiger partial charge in [0.2, 0.25) is 0 Å². The number of imidazole rings is 1. The number of ether oxygens (including phenoxy) is 1. The van der Waals surface area contributed by atoms with Crippen molar-refractivity contribution < 1.29 is 9.53 Å². The maximum Gasteiger partial charge on any atom is 0.409 e. The van der Waals surface area contributed by atoms with E-state index in [-0.39, 0.29) is 6.09 Å². The Kier molecular flexibility index (Phi) is 5.68. The standard InChI is InChI=1S/C24H25ClN6O2/c1-3-33-24(32)30-11-9-29(10-12-30)17-7-8-19-20(13-17)31-15-26-14-21(31)23(27-19)28-22-16(2)5-4-6-18(22)25/h4-8,13-15H,3,9-12H2,1-2H3,(H,27,28). The maximum absolute atomic E-state index is 12.0. The second-order valence-electron chi connectivity index (χ2n) is 8.01. The van der Waals surface area contributed by atoms with E-state index in [4.69, 9.17) is 21.3 Å². The largest absolute Gasteiger partial charge is 0.450 e. The minimum Gasteiger partial charge on any atom is -0.450 e. The quantitative estimate of drug-likeness (QED) is 0.464. The van der Waals surface area contributed by atoms with Gasteiger partial charge in [-0.3, -0.25) is 4.40 Å². The van der Waals surface area contributed by atoms with Crippen molar-refractivity contribution in [1.29, 1.82) is 0 Å². The van der Waals surface area contributed by atoms with Crippen molar-refractivity contribution in [2.75, 3.05) is 43.0 Å². The van der Waals surface area contributed by atoms with Crippen LogP contribution in [0.4, 0.5) is 22.0 Å². The number of hydrogen-bond donors (Lipinski definition) is 1. The molecule has 0 spiro atoms. The van der Waals surface area contributed by atoms with Gasteiger partial charge >= 0.3 is 6.09 Å². The number of anilines is 3. The number of aryl methyl sites for hydroxylation is 1. The number of nitrogens with one attached hydrogen (secondary N) is 1. The Morgan fingerprint density at radius 1 is 1.15 bits per heavy atom. The highest BCUT2D eigenvalue weighted by molar-refractivity contribution is 6.33. The van der Waals surface area contributed by atoms with E-state index < -0.39 is 0 Å². The zero-order valence-electron chi connectivity index (χ0n) is 18.6. The number of fused-ring (bicyclic) bond motifs is 3. The molecule has 2 aromatic heterocycles. The summed E-state index contributed by atoms with van der Waals surface area (Å²) in [5, 5.41) is 4.05. The molecule has 1 saturated heterocycles. The summed E-state index contributed by atoms with van der Waals surface area (Å²) in [5.41, 5.74) is 5.65. The molecule has 4 aromatic rings. The monoisotopic (exact) mass is 464 g/mol. The first kappa shape index (κ1) is 21.3. The predicted molar refractivity (Wildman–Crippen MR) is 131 cm³/mol. The van der Waals surface area contributed by atoms with Crippen LogP contribution < -0.4 is 10.2 Å². The van der Waals surface area contributed by atoms with E-state index in [9.17, 15) is 4.79 Å². The van der Waals surface area contributed by atoms with Gasteiger partial charge in [0.1, 0.15) is 5.52 Å². The number of benzene rings is 2. The van der Waals surface area contributed by atoms with E-state index in [1.54, 1.807) is 17.4 Å². The van der Waals surface area contributed by atoms with Gasteiger partial charge in [0.15, 0.2) is 5.82 Å². The lowest BCUT2D eigenvalue weighted by atomic mass is 10.2. The second kappa shape index (κ2) is 8.78. The zero-order chi connectivity index (χ0) is 22.9. The van der Waals surface area contributed by atoms with Crippen LogP contribution in [-0.2, 0) is 4.74 Å². The van der Waals surface area contributed by atoms with Gasteiger partial charge in [-0.25, -0.2) is 14.8 Å². The fraction of sp³-hybridized carbons (Fsp3) is 0.292. The summed E-state index contributed by atoms with van der Waals surface area (Å²) in [7, 11) is 0. The van der Waals surface area contributed by atoms with Gasteiger partial charge < -0.3 is 19.9 Å². The molecular weight excluding hydrogens is 440 g/mol. The summed E-state index contributed by atoms with van der Waals surface area (Å²) in [6.45, 7) is 6.99. The smallest absolute Gasteiger partial charge is 0.409 e. The molecule has 0 saturated carbocycles. The highest BCUT2D eigenvalue weighted by Gasteiger charge is 2.22. The molecule has 8 nitrogen and oxygen atoms in total. The van der Waals surface area contributed by atoms with Gasteiger partial charge in [-0.2, -0.15) is 0 Å². The summed E-state index contributed by atoms with van der Waals surface area (Å²) < 4.78 is 7.16. The Hall–Kier alpha value is -3.52. The van der Waals surface area contributed by atoms with Gasteiger partial charge in [-0.05, 0) is 43.7 Å². The molecule has 2 aromatic carbocycles. The molecule has 5 rings (SSSR count). The zero-order valence-corrected chi connectivity index (χ0v) is 19.3. The van der Waals surface area contributed by atoms with Crippen molar-refractivity contribution in [3.8, 4) is 0 Å². The first-order valence-corrected chi connectivity index (χ1v) is 11.4. The highest BCUT2D eigenvalue weighted by Crippen LogP contribution is 2.32. The van der Waals surface area contributed by atoms with Gasteiger partial charge in [-0.1, -0.05) is 23.7 Å². The first-order chi connectivity index (χ1) is 16.0. The topological polar surface area (TPSA) is 75.0 Å². The van der Waals surface area contributed by atoms with Crippen LogP contribution in [0.15, 0.2) is 48.9 Å².